The molecule has 5 heteroatoms. The minimum absolute atomic E-state index is 0.0479. The van der Waals surface area contributed by atoms with Crippen molar-refractivity contribution in [2.24, 2.45) is 0 Å². The Bertz CT molecular complexity index is 928. The third-order valence-electron chi connectivity index (χ3n) is 4.81. The van der Waals surface area contributed by atoms with Crippen LogP contribution in [0.2, 0.25) is 0 Å². The zero-order valence-corrected chi connectivity index (χ0v) is 14.6. The molecule has 1 atom stereocenters. The van der Waals surface area contributed by atoms with Crippen LogP contribution in [0.1, 0.15) is 48.3 Å². The summed E-state index contributed by atoms with van der Waals surface area (Å²) in [5.74, 6) is 0.690. The second-order valence-electron chi connectivity index (χ2n) is 6.49. The topological polar surface area (TPSA) is 57.8 Å². The molecule has 4 rings (SSSR count). The number of hydrogen-bond acceptors (Lipinski definition) is 4. The summed E-state index contributed by atoms with van der Waals surface area (Å²) >= 11 is 1.43. The molecule has 0 saturated carbocycles. The highest BCUT2D eigenvalue weighted by Crippen LogP contribution is 2.24. The highest BCUT2D eigenvalue weighted by atomic mass is 32.1. The van der Waals surface area contributed by atoms with Crippen molar-refractivity contribution < 1.29 is 0 Å². The maximum Gasteiger partial charge on any atom is 0.268 e. The summed E-state index contributed by atoms with van der Waals surface area (Å²) in [6, 6.07) is 8.95. The number of benzene rings is 1. The Morgan fingerprint density at radius 1 is 1.25 bits per heavy atom. The zero-order valence-electron chi connectivity index (χ0n) is 13.8. The number of aromatic amines is 1. The van der Waals surface area contributed by atoms with Crippen LogP contribution in [0.15, 0.2) is 34.4 Å². The van der Waals surface area contributed by atoms with Crippen molar-refractivity contribution in [3.63, 3.8) is 0 Å². The number of nitrogens with zero attached hydrogens (tertiary/aromatic N) is 1. The molecular formula is C19H21N3OS. The van der Waals surface area contributed by atoms with Gasteiger partial charge in [-0.15, -0.1) is 11.3 Å². The molecule has 2 N–H and O–H groups in total. The predicted octanol–water partition coefficient (Wildman–Crippen LogP) is 3.71. The van der Waals surface area contributed by atoms with Gasteiger partial charge in [0.2, 0.25) is 0 Å². The first-order valence-electron chi connectivity index (χ1n) is 8.52. The molecule has 124 valence electrons. The molecule has 1 aliphatic carbocycles. The van der Waals surface area contributed by atoms with Crippen molar-refractivity contribution in [3.8, 4) is 0 Å². The number of H-pyrrole nitrogens is 1. The summed E-state index contributed by atoms with van der Waals surface area (Å²) in [6.45, 7) is 2.71. The second kappa shape index (κ2) is 6.49. The van der Waals surface area contributed by atoms with Gasteiger partial charge in [-0.05, 0) is 60.7 Å². The van der Waals surface area contributed by atoms with E-state index in [1.807, 2.05) is 11.4 Å². The molecule has 1 unspecified atom stereocenters. The molecule has 4 nitrogen and oxygen atoms in total. The predicted molar refractivity (Wildman–Crippen MR) is 98.6 cm³/mol. The van der Waals surface area contributed by atoms with Gasteiger partial charge in [-0.3, -0.25) is 4.79 Å². The van der Waals surface area contributed by atoms with Crippen LogP contribution in [0.25, 0.3) is 10.2 Å². The number of aryl methyl sites for hydroxylation is 2. The molecule has 1 aromatic carbocycles. The van der Waals surface area contributed by atoms with Gasteiger partial charge in [-0.2, -0.15) is 0 Å². The van der Waals surface area contributed by atoms with Gasteiger partial charge in [0.1, 0.15) is 10.5 Å². The van der Waals surface area contributed by atoms with Gasteiger partial charge in [0.25, 0.3) is 5.56 Å². The van der Waals surface area contributed by atoms with E-state index >= 15 is 0 Å². The van der Waals surface area contributed by atoms with Gasteiger partial charge in [0, 0.05) is 6.04 Å². The fourth-order valence-corrected chi connectivity index (χ4v) is 4.12. The first-order valence-corrected chi connectivity index (χ1v) is 9.40. The van der Waals surface area contributed by atoms with Crippen LogP contribution in [-0.2, 0) is 19.4 Å². The van der Waals surface area contributed by atoms with Gasteiger partial charge >= 0.3 is 0 Å². The molecule has 1 aliphatic rings. The maximum atomic E-state index is 12.0. The number of aromatic nitrogens is 2. The Kier molecular flexibility index (Phi) is 4.21. The fourth-order valence-electron chi connectivity index (χ4n) is 3.40. The summed E-state index contributed by atoms with van der Waals surface area (Å²) in [6.07, 6.45) is 5.01. The van der Waals surface area contributed by atoms with Crippen LogP contribution in [0, 0.1) is 0 Å². The molecule has 0 radical (unpaired) electrons. The number of hydrogen-bond donors (Lipinski definition) is 2. The second-order valence-corrected chi connectivity index (χ2v) is 7.40. The minimum Gasteiger partial charge on any atom is -0.308 e. The molecule has 0 spiro atoms. The van der Waals surface area contributed by atoms with Crippen LogP contribution >= 0.6 is 11.3 Å². The van der Waals surface area contributed by atoms with Crippen LogP contribution in [0.5, 0.6) is 0 Å². The number of rotatable bonds is 4. The van der Waals surface area contributed by atoms with Crippen LogP contribution in [0.4, 0.5) is 0 Å². The first kappa shape index (κ1) is 15.5. The standard InChI is InChI=1S/C19H21N3OS/c1-12(14-7-6-13-4-2-3-5-15(13)10-14)20-11-17-21-16-8-9-24-18(16)19(23)22-17/h6-10,12,20H,2-5,11H2,1H3,(H,21,22,23). The molecule has 2 heterocycles. The van der Waals surface area contributed by atoms with E-state index in [0.29, 0.717) is 17.1 Å². The normalized spacial score (nSPS) is 15.4. The molecule has 2 aromatic heterocycles. The first-order chi connectivity index (χ1) is 11.7. The lowest BCUT2D eigenvalue weighted by molar-refractivity contribution is 0.558. The number of fused-ring (bicyclic) bond motifs is 2. The van der Waals surface area contributed by atoms with Crippen molar-refractivity contribution >= 4 is 21.6 Å². The van der Waals surface area contributed by atoms with E-state index in [-0.39, 0.29) is 11.6 Å². The van der Waals surface area contributed by atoms with E-state index in [4.69, 9.17) is 0 Å². The van der Waals surface area contributed by atoms with Crippen molar-refractivity contribution in [2.45, 2.75) is 45.2 Å². The molecular weight excluding hydrogens is 318 g/mol. The monoisotopic (exact) mass is 339 g/mol. The molecule has 0 fully saturated rings. The Hall–Kier alpha value is -1.98. The SMILES string of the molecule is CC(NCc1nc2ccsc2c(=O)[nH]1)c1ccc2c(c1)CCCC2. The van der Waals surface area contributed by atoms with Crippen LogP contribution in [-0.4, -0.2) is 9.97 Å². The van der Waals surface area contributed by atoms with E-state index in [1.54, 1.807) is 0 Å². The maximum absolute atomic E-state index is 12.0. The molecule has 0 aliphatic heterocycles. The van der Waals surface area contributed by atoms with Crippen molar-refractivity contribution in [3.05, 3.63) is 62.5 Å². The third kappa shape index (κ3) is 3.01. The Balaban J connectivity index is 1.49. The smallest absolute Gasteiger partial charge is 0.268 e. The van der Waals surface area contributed by atoms with Crippen LogP contribution in [0.3, 0.4) is 0 Å². The number of thiophene rings is 1. The van der Waals surface area contributed by atoms with Gasteiger partial charge in [-0.25, -0.2) is 4.98 Å². The Morgan fingerprint density at radius 3 is 2.96 bits per heavy atom. The quantitative estimate of drug-likeness (QED) is 0.762. The van der Waals surface area contributed by atoms with Gasteiger partial charge < -0.3 is 10.3 Å². The van der Waals surface area contributed by atoms with E-state index in [0.717, 1.165) is 5.52 Å². The molecule has 0 bridgehead atoms. The summed E-state index contributed by atoms with van der Waals surface area (Å²) < 4.78 is 0.696. The van der Waals surface area contributed by atoms with E-state index in [1.165, 1.54) is 53.7 Å². The zero-order chi connectivity index (χ0) is 16.5. The van der Waals surface area contributed by atoms with E-state index < -0.39 is 0 Å². The summed E-state index contributed by atoms with van der Waals surface area (Å²) in [7, 11) is 0. The van der Waals surface area contributed by atoms with Crippen molar-refractivity contribution in [1.82, 2.24) is 15.3 Å². The number of nitrogens with one attached hydrogen (secondary N) is 2. The van der Waals surface area contributed by atoms with Crippen molar-refractivity contribution in [1.29, 1.82) is 0 Å². The lowest BCUT2D eigenvalue weighted by atomic mass is 9.89. The summed E-state index contributed by atoms with van der Waals surface area (Å²) in [4.78, 5) is 19.4. The lowest BCUT2D eigenvalue weighted by Crippen LogP contribution is -2.22. The van der Waals surface area contributed by atoms with Gasteiger partial charge in [0.05, 0.1) is 12.1 Å². The average Bonchev–Trinajstić information content (AvgIpc) is 3.08. The fraction of sp³-hybridized carbons (Fsp3) is 0.368. The minimum atomic E-state index is -0.0479. The lowest BCUT2D eigenvalue weighted by Gasteiger charge is -2.20. The molecule has 0 amide bonds. The van der Waals surface area contributed by atoms with Gasteiger partial charge in [-0.1, -0.05) is 18.2 Å². The van der Waals surface area contributed by atoms with Gasteiger partial charge in [0.15, 0.2) is 0 Å². The summed E-state index contributed by atoms with van der Waals surface area (Å²) in [5, 5.41) is 5.38. The Labute approximate surface area is 145 Å². The van der Waals surface area contributed by atoms with Crippen molar-refractivity contribution in [2.75, 3.05) is 0 Å². The average molecular weight is 339 g/mol. The Morgan fingerprint density at radius 2 is 2.08 bits per heavy atom. The molecule has 3 aromatic rings. The highest BCUT2D eigenvalue weighted by Gasteiger charge is 2.13. The summed E-state index contributed by atoms with van der Waals surface area (Å²) in [5.41, 5.74) is 5.04. The molecule has 0 saturated heterocycles. The largest absolute Gasteiger partial charge is 0.308 e. The molecule has 24 heavy (non-hydrogen) atoms. The highest BCUT2D eigenvalue weighted by molar-refractivity contribution is 7.17. The van der Waals surface area contributed by atoms with E-state index in [9.17, 15) is 4.79 Å². The third-order valence-corrected chi connectivity index (χ3v) is 5.71. The van der Waals surface area contributed by atoms with Crippen LogP contribution < -0.4 is 10.9 Å². The van der Waals surface area contributed by atoms with E-state index in [2.05, 4.69) is 40.4 Å².